The molecule has 6 rings (SSSR count). The van der Waals surface area contributed by atoms with Crippen LogP contribution in [0.15, 0.2) is 72.3 Å². The molecule has 0 saturated carbocycles. The van der Waals surface area contributed by atoms with E-state index in [2.05, 4.69) is 25.8 Å². The first-order valence-corrected chi connectivity index (χ1v) is 13.2. The van der Waals surface area contributed by atoms with Gasteiger partial charge in [0.15, 0.2) is 33.7 Å². The van der Waals surface area contributed by atoms with Gasteiger partial charge in [0.05, 0.1) is 15.8 Å². The van der Waals surface area contributed by atoms with E-state index in [-0.39, 0.29) is 23.0 Å². The normalized spacial score (nSPS) is 14.4. The van der Waals surface area contributed by atoms with Crippen LogP contribution in [0.4, 0.5) is 10.8 Å². The molecule has 3 heterocycles. The summed E-state index contributed by atoms with van der Waals surface area (Å²) in [5.74, 6) is -0.136. The number of thiazole rings is 1. The molecule has 1 aliphatic rings. The zero-order chi connectivity index (χ0) is 26.6. The van der Waals surface area contributed by atoms with Crippen molar-refractivity contribution in [1.82, 2.24) is 24.9 Å². The van der Waals surface area contributed by atoms with Gasteiger partial charge in [0.25, 0.3) is 5.91 Å². The maximum absolute atomic E-state index is 13.2. The van der Waals surface area contributed by atoms with E-state index >= 15 is 0 Å². The topological polar surface area (TPSA) is 125 Å². The SMILES string of the molecule is CC(C)CC1(NC(=O)c2cccn3c(-c4ccc(Nc5nc6ccc(Cl)cc6s5)cc4)nnc23)C(O)=C1O. The molecule has 3 aromatic heterocycles. The first-order valence-electron chi connectivity index (χ1n) is 12.0. The minimum Gasteiger partial charge on any atom is -0.506 e. The summed E-state index contributed by atoms with van der Waals surface area (Å²) in [6.45, 7) is 3.91. The Bertz CT molecular complexity index is 1730. The van der Waals surface area contributed by atoms with Crippen molar-refractivity contribution in [3.63, 3.8) is 0 Å². The molecule has 0 radical (unpaired) electrons. The first kappa shape index (κ1) is 24.2. The Morgan fingerprint density at radius 1 is 1.11 bits per heavy atom. The molecule has 0 saturated heterocycles. The number of aliphatic hydroxyl groups is 2. The average Bonchev–Trinajstić information content (AvgIpc) is 3.27. The summed E-state index contributed by atoms with van der Waals surface area (Å²) in [5, 5.41) is 36.3. The van der Waals surface area contributed by atoms with Gasteiger partial charge in [0.2, 0.25) is 0 Å². The second-order valence-electron chi connectivity index (χ2n) is 9.63. The van der Waals surface area contributed by atoms with Crippen molar-refractivity contribution in [1.29, 1.82) is 0 Å². The number of fused-ring (bicyclic) bond motifs is 2. The number of hydrogen-bond donors (Lipinski definition) is 4. The number of rotatable bonds is 7. The maximum Gasteiger partial charge on any atom is 0.256 e. The van der Waals surface area contributed by atoms with Crippen LogP contribution in [0.5, 0.6) is 0 Å². The number of aliphatic hydroxyl groups excluding tert-OH is 2. The van der Waals surface area contributed by atoms with Crippen molar-refractivity contribution >= 4 is 55.5 Å². The van der Waals surface area contributed by atoms with Crippen LogP contribution >= 0.6 is 22.9 Å². The Kier molecular flexibility index (Phi) is 5.73. The van der Waals surface area contributed by atoms with Crippen LogP contribution in [0.25, 0.3) is 27.3 Å². The number of amides is 1. The first-order chi connectivity index (χ1) is 18.2. The van der Waals surface area contributed by atoms with Gasteiger partial charge < -0.3 is 20.8 Å². The predicted octanol–water partition coefficient (Wildman–Crippen LogP) is 6.26. The highest BCUT2D eigenvalue weighted by Gasteiger charge is 2.57. The smallest absolute Gasteiger partial charge is 0.256 e. The largest absolute Gasteiger partial charge is 0.506 e. The molecular weight excluding hydrogens is 524 g/mol. The molecule has 1 aliphatic carbocycles. The van der Waals surface area contributed by atoms with Gasteiger partial charge in [-0.2, -0.15) is 0 Å². The molecule has 1 amide bonds. The molecule has 9 nitrogen and oxygen atoms in total. The van der Waals surface area contributed by atoms with Crippen LogP contribution in [0, 0.1) is 5.92 Å². The van der Waals surface area contributed by atoms with Gasteiger partial charge in [-0.15, -0.1) is 10.2 Å². The van der Waals surface area contributed by atoms with Crippen LogP contribution in [0.2, 0.25) is 5.02 Å². The van der Waals surface area contributed by atoms with Crippen molar-refractivity contribution in [2.24, 2.45) is 5.92 Å². The fourth-order valence-electron chi connectivity index (χ4n) is 4.60. The number of aromatic nitrogens is 4. The van der Waals surface area contributed by atoms with E-state index in [1.54, 1.807) is 22.7 Å². The van der Waals surface area contributed by atoms with Crippen molar-refractivity contribution in [2.75, 3.05) is 5.32 Å². The summed E-state index contributed by atoms with van der Waals surface area (Å²) in [4.78, 5) is 17.8. The Morgan fingerprint density at radius 3 is 2.58 bits per heavy atom. The summed E-state index contributed by atoms with van der Waals surface area (Å²) in [6.07, 6.45) is 2.18. The number of nitrogens with one attached hydrogen (secondary N) is 2. The zero-order valence-electron chi connectivity index (χ0n) is 20.4. The van der Waals surface area contributed by atoms with E-state index in [1.807, 2.05) is 56.3 Å². The lowest BCUT2D eigenvalue weighted by Crippen LogP contribution is -2.42. The standard InChI is InChI=1S/C27H23ClN6O3S/c1-14(2)13-27(21(35)22(27)36)31-25(37)18-4-3-11-34-23(32-33-24(18)34)15-5-8-17(9-6-15)29-26-30-19-10-7-16(28)12-20(19)38-26/h3-12,14,35-36H,13H2,1-2H3,(H,29,30)(H,31,37). The molecular formula is C27H23ClN6O3S. The van der Waals surface area contributed by atoms with Crippen LogP contribution in [-0.4, -0.2) is 41.2 Å². The molecule has 192 valence electrons. The third-order valence-electron chi connectivity index (χ3n) is 6.44. The third-order valence-corrected chi connectivity index (χ3v) is 7.60. The highest BCUT2D eigenvalue weighted by Crippen LogP contribution is 2.45. The number of anilines is 2. The Morgan fingerprint density at radius 2 is 1.87 bits per heavy atom. The molecule has 11 heteroatoms. The van der Waals surface area contributed by atoms with Crippen LogP contribution in [0.1, 0.15) is 30.6 Å². The molecule has 0 spiro atoms. The van der Waals surface area contributed by atoms with Gasteiger partial charge in [-0.25, -0.2) is 4.98 Å². The van der Waals surface area contributed by atoms with Gasteiger partial charge in [-0.3, -0.25) is 9.20 Å². The zero-order valence-corrected chi connectivity index (χ0v) is 22.0. The molecule has 0 fully saturated rings. The van der Waals surface area contributed by atoms with Crippen molar-refractivity contribution in [3.8, 4) is 11.4 Å². The summed E-state index contributed by atoms with van der Waals surface area (Å²) in [7, 11) is 0. The molecule has 5 aromatic rings. The molecule has 2 aromatic carbocycles. The van der Waals surface area contributed by atoms with Gasteiger partial charge in [-0.05, 0) is 66.9 Å². The lowest BCUT2D eigenvalue weighted by atomic mass is 9.98. The van der Waals surface area contributed by atoms with Crippen molar-refractivity contribution in [2.45, 2.75) is 25.8 Å². The molecule has 38 heavy (non-hydrogen) atoms. The number of nitrogens with zero attached hydrogens (tertiary/aromatic N) is 4. The minimum absolute atomic E-state index is 0.142. The molecule has 0 aliphatic heterocycles. The van der Waals surface area contributed by atoms with Gasteiger partial charge >= 0.3 is 0 Å². The molecule has 0 bridgehead atoms. The maximum atomic E-state index is 13.2. The number of benzene rings is 2. The van der Waals surface area contributed by atoms with E-state index in [4.69, 9.17) is 11.6 Å². The fraction of sp³-hybridized carbons (Fsp3) is 0.185. The predicted molar refractivity (Wildman–Crippen MR) is 148 cm³/mol. The number of hydrogen-bond acceptors (Lipinski definition) is 8. The Labute approximate surface area is 226 Å². The Hall–Kier alpha value is -4.15. The van der Waals surface area contributed by atoms with Crippen molar-refractivity contribution in [3.05, 3.63) is 82.9 Å². The second kappa shape index (κ2) is 9.00. The van der Waals surface area contributed by atoms with E-state index < -0.39 is 11.4 Å². The minimum atomic E-state index is -1.21. The van der Waals surface area contributed by atoms with Crippen molar-refractivity contribution < 1.29 is 15.0 Å². The second-order valence-corrected chi connectivity index (χ2v) is 11.1. The lowest BCUT2D eigenvalue weighted by molar-refractivity contribution is 0.0914. The van der Waals surface area contributed by atoms with Crippen LogP contribution < -0.4 is 10.6 Å². The molecule has 0 atom stereocenters. The highest BCUT2D eigenvalue weighted by molar-refractivity contribution is 7.22. The monoisotopic (exact) mass is 546 g/mol. The molecule has 0 unspecified atom stereocenters. The Balaban J connectivity index is 1.24. The number of carbonyl (C=O) groups excluding carboxylic acids is 1. The van der Waals surface area contributed by atoms with E-state index in [0.717, 1.165) is 26.6 Å². The number of halogens is 1. The van der Waals surface area contributed by atoms with E-state index in [0.29, 0.717) is 22.9 Å². The lowest BCUT2D eigenvalue weighted by Gasteiger charge is -2.20. The molecule has 4 N–H and O–H groups in total. The van der Waals surface area contributed by atoms with Crippen LogP contribution in [-0.2, 0) is 0 Å². The van der Waals surface area contributed by atoms with Crippen LogP contribution in [0.3, 0.4) is 0 Å². The summed E-state index contributed by atoms with van der Waals surface area (Å²) in [5.41, 5.74) is 2.00. The average molecular weight is 547 g/mol. The highest BCUT2D eigenvalue weighted by atomic mass is 35.5. The van der Waals surface area contributed by atoms with Gasteiger partial charge in [0.1, 0.15) is 0 Å². The fourth-order valence-corrected chi connectivity index (χ4v) is 5.76. The van der Waals surface area contributed by atoms with Gasteiger partial charge in [0, 0.05) is 22.5 Å². The number of pyridine rings is 1. The summed E-state index contributed by atoms with van der Waals surface area (Å²) >= 11 is 7.61. The van der Waals surface area contributed by atoms with E-state index in [1.165, 1.54) is 11.3 Å². The van der Waals surface area contributed by atoms with Gasteiger partial charge in [-0.1, -0.05) is 36.8 Å². The summed E-state index contributed by atoms with van der Waals surface area (Å²) < 4.78 is 2.74. The summed E-state index contributed by atoms with van der Waals surface area (Å²) in [6, 6.07) is 16.7. The third kappa shape index (κ3) is 4.11. The number of carbonyl (C=O) groups is 1. The van der Waals surface area contributed by atoms with E-state index in [9.17, 15) is 15.0 Å². The quantitative estimate of drug-likeness (QED) is 0.190.